The Morgan fingerprint density at radius 1 is 1.27 bits per heavy atom. The molecule has 2 aliphatic rings. The van der Waals surface area contributed by atoms with Gasteiger partial charge in [0.2, 0.25) is 11.9 Å². The van der Waals surface area contributed by atoms with Gasteiger partial charge in [0, 0.05) is 18.3 Å². The number of nitrogens with zero attached hydrogens (tertiary/aromatic N) is 4. The van der Waals surface area contributed by atoms with Gasteiger partial charge >= 0.3 is 0 Å². The molecular formula is C25H22FN5O2. The third-order valence-corrected chi connectivity index (χ3v) is 6.27. The fourth-order valence-corrected chi connectivity index (χ4v) is 4.22. The van der Waals surface area contributed by atoms with Gasteiger partial charge in [-0.1, -0.05) is 18.2 Å². The first-order valence-electron chi connectivity index (χ1n) is 10.9. The number of aromatic nitrogens is 2. The molecule has 33 heavy (non-hydrogen) atoms. The van der Waals surface area contributed by atoms with Gasteiger partial charge in [0.15, 0.2) is 0 Å². The maximum Gasteiger partial charge on any atom is 0.231 e. The molecule has 0 atom stereocenters. The number of amides is 1. The van der Waals surface area contributed by atoms with E-state index in [-0.39, 0.29) is 24.5 Å². The normalized spacial score (nSPS) is 15.6. The van der Waals surface area contributed by atoms with Crippen LogP contribution < -0.4 is 10.2 Å². The third kappa shape index (κ3) is 4.03. The monoisotopic (exact) mass is 443 g/mol. The Bertz CT molecular complexity index is 1280. The van der Waals surface area contributed by atoms with Crippen molar-refractivity contribution in [3.63, 3.8) is 0 Å². The molecule has 166 valence electrons. The molecule has 1 saturated carbocycles. The molecule has 2 aromatic carbocycles. The number of fused-ring (bicyclic) bond motifs is 1. The molecule has 2 N–H and O–H groups in total. The number of nitriles is 1. The van der Waals surface area contributed by atoms with Crippen molar-refractivity contribution in [1.29, 1.82) is 5.26 Å². The molecule has 1 aliphatic heterocycles. The van der Waals surface area contributed by atoms with Gasteiger partial charge in [-0.2, -0.15) is 5.26 Å². The minimum Gasteiger partial charge on any atom is -0.394 e. The zero-order chi connectivity index (χ0) is 23.0. The second-order valence-corrected chi connectivity index (χ2v) is 8.54. The van der Waals surface area contributed by atoms with Crippen molar-refractivity contribution < 1.29 is 14.3 Å². The SMILES string of the molecule is N#Cc1cc(-c2ccnc(NC3(CO)CC3)n2)cc2c1N(C(=O)Cc1ccccc1F)CC2. The van der Waals surface area contributed by atoms with E-state index in [1.807, 2.05) is 6.07 Å². The summed E-state index contributed by atoms with van der Waals surface area (Å²) in [5.74, 6) is -0.224. The summed E-state index contributed by atoms with van der Waals surface area (Å²) >= 11 is 0. The second-order valence-electron chi connectivity index (χ2n) is 8.54. The standard InChI is InChI=1S/C25H22FN5O2/c26-20-4-2-1-3-16(20)13-22(33)31-10-6-17-11-18(12-19(14-27)23(17)31)21-5-9-28-24(29-21)30-25(15-32)7-8-25/h1-5,9,11-12,32H,6-8,10,13,15H2,(H,28,29,30). The number of halogens is 1. The Labute approximate surface area is 190 Å². The van der Waals surface area contributed by atoms with Crippen LogP contribution in [0.2, 0.25) is 0 Å². The Hall–Kier alpha value is -3.83. The number of aliphatic hydroxyl groups excluding tert-OH is 1. The van der Waals surface area contributed by atoms with Crippen LogP contribution in [0.5, 0.6) is 0 Å². The van der Waals surface area contributed by atoms with Crippen LogP contribution in [0.15, 0.2) is 48.7 Å². The smallest absolute Gasteiger partial charge is 0.231 e. The summed E-state index contributed by atoms with van der Waals surface area (Å²) in [5, 5.41) is 22.6. The van der Waals surface area contributed by atoms with Gasteiger partial charge in [-0.25, -0.2) is 14.4 Å². The highest BCUT2D eigenvalue weighted by Gasteiger charge is 2.42. The Balaban J connectivity index is 1.43. The molecule has 1 aliphatic carbocycles. The van der Waals surface area contributed by atoms with Gasteiger partial charge in [-0.15, -0.1) is 0 Å². The van der Waals surface area contributed by atoms with Gasteiger partial charge in [-0.05, 0) is 54.7 Å². The van der Waals surface area contributed by atoms with E-state index in [1.165, 1.54) is 6.07 Å². The number of carbonyl (C=O) groups excluding carboxylic acids is 1. The lowest BCUT2D eigenvalue weighted by atomic mass is 10.0. The van der Waals surface area contributed by atoms with Crippen molar-refractivity contribution in [3.8, 4) is 17.3 Å². The van der Waals surface area contributed by atoms with Crippen LogP contribution in [0.1, 0.15) is 29.5 Å². The van der Waals surface area contributed by atoms with Crippen LogP contribution in [0.3, 0.4) is 0 Å². The fraction of sp³-hybridized carbons (Fsp3) is 0.280. The first-order valence-corrected chi connectivity index (χ1v) is 10.9. The predicted octanol–water partition coefficient (Wildman–Crippen LogP) is 3.22. The van der Waals surface area contributed by atoms with E-state index in [0.29, 0.717) is 41.4 Å². The molecule has 0 unspecified atom stereocenters. The van der Waals surface area contributed by atoms with Gasteiger partial charge < -0.3 is 15.3 Å². The molecule has 2 heterocycles. The molecule has 7 nitrogen and oxygen atoms in total. The lowest BCUT2D eigenvalue weighted by Gasteiger charge is -2.19. The number of hydrogen-bond donors (Lipinski definition) is 2. The zero-order valence-corrected chi connectivity index (χ0v) is 17.9. The summed E-state index contributed by atoms with van der Waals surface area (Å²) in [6.07, 6.45) is 3.91. The lowest BCUT2D eigenvalue weighted by Crippen LogP contribution is -2.31. The Morgan fingerprint density at radius 2 is 2.09 bits per heavy atom. The largest absolute Gasteiger partial charge is 0.394 e. The zero-order valence-electron chi connectivity index (χ0n) is 17.9. The maximum atomic E-state index is 14.0. The molecular weight excluding hydrogens is 421 g/mol. The molecule has 8 heteroatoms. The van der Waals surface area contributed by atoms with Crippen LogP contribution in [0.4, 0.5) is 16.0 Å². The molecule has 0 bridgehead atoms. The topological polar surface area (TPSA) is 102 Å². The van der Waals surface area contributed by atoms with E-state index < -0.39 is 5.82 Å². The molecule has 0 spiro atoms. The first kappa shape index (κ1) is 21.0. The number of aliphatic hydroxyl groups is 1. The van der Waals surface area contributed by atoms with Crippen molar-refractivity contribution >= 4 is 17.5 Å². The summed E-state index contributed by atoms with van der Waals surface area (Å²) in [7, 11) is 0. The summed E-state index contributed by atoms with van der Waals surface area (Å²) in [6.45, 7) is 0.463. The van der Waals surface area contributed by atoms with Crippen LogP contribution in [-0.4, -0.2) is 39.7 Å². The second kappa shape index (κ2) is 8.26. The highest BCUT2D eigenvalue weighted by atomic mass is 19.1. The van der Waals surface area contributed by atoms with Crippen molar-refractivity contribution in [2.45, 2.75) is 31.2 Å². The van der Waals surface area contributed by atoms with Crippen molar-refractivity contribution in [3.05, 3.63) is 71.2 Å². The van der Waals surface area contributed by atoms with Crippen LogP contribution in [0.25, 0.3) is 11.3 Å². The number of benzene rings is 2. The van der Waals surface area contributed by atoms with Crippen molar-refractivity contribution in [1.82, 2.24) is 9.97 Å². The summed E-state index contributed by atoms with van der Waals surface area (Å²) in [4.78, 5) is 23.4. The molecule has 0 radical (unpaired) electrons. The highest BCUT2D eigenvalue weighted by molar-refractivity contribution is 5.98. The molecule has 1 aromatic heterocycles. The van der Waals surface area contributed by atoms with E-state index in [4.69, 9.17) is 0 Å². The van der Waals surface area contributed by atoms with Crippen LogP contribution >= 0.6 is 0 Å². The summed E-state index contributed by atoms with van der Waals surface area (Å²) in [5.41, 5.74) is 3.25. The lowest BCUT2D eigenvalue weighted by molar-refractivity contribution is -0.117. The van der Waals surface area contributed by atoms with Gasteiger partial charge in [-0.3, -0.25) is 4.79 Å². The predicted molar refractivity (Wildman–Crippen MR) is 121 cm³/mol. The van der Waals surface area contributed by atoms with E-state index in [9.17, 15) is 19.6 Å². The van der Waals surface area contributed by atoms with E-state index >= 15 is 0 Å². The van der Waals surface area contributed by atoms with Crippen LogP contribution in [0, 0.1) is 17.1 Å². The molecule has 1 amide bonds. The number of rotatable bonds is 6. The first-order chi connectivity index (χ1) is 16.0. The average Bonchev–Trinajstić information content (AvgIpc) is 3.47. The quantitative estimate of drug-likeness (QED) is 0.607. The molecule has 5 rings (SSSR count). The van der Waals surface area contributed by atoms with Crippen LogP contribution in [-0.2, 0) is 17.6 Å². The van der Waals surface area contributed by atoms with Gasteiger partial charge in [0.1, 0.15) is 11.9 Å². The summed E-state index contributed by atoms with van der Waals surface area (Å²) in [6, 6.07) is 13.9. The Kier molecular flexibility index (Phi) is 5.27. The minimum atomic E-state index is -0.413. The highest BCUT2D eigenvalue weighted by Crippen LogP contribution is 2.39. The average molecular weight is 443 g/mol. The number of anilines is 2. The molecule has 3 aromatic rings. The van der Waals surface area contributed by atoms with Crippen molar-refractivity contribution in [2.24, 2.45) is 0 Å². The van der Waals surface area contributed by atoms with Gasteiger partial charge in [0.05, 0.1) is 35.5 Å². The minimum absolute atomic E-state index is 0.0226. The van der Waals surface area contributed by atoms with E-state index in [2.05, 4.69) is 21.4 Å². The number of nitrogens with one attached hydrogen (secondary N) is 1. The maximum absolute atomic E-state index is 14.0. The Morgan fingerprint density at radius 3 is 2.82 bits per heavy atom. The number of carbonyl (C=O) groups is 1. The number of hydrogen-bond acceptors (Lipinski definition) is 6. The third-order valence-electron chi connectivity index (χ3n) is 6.27. The fourth-order valence-electron chi connectivity index (χ4n) is 4.22. The molecule has 1 fully saturated rings. The van der Waals surface area contributed by atoms with Gasteiger partial charge in [0.25, 0.3) is 0 Å². The van der Waals surface area contributed by atoms with E-state index in [1.54, 1.807) is 41.4 Å². The molecule has 0 saturated heterocycles. The summed E-state index contributed by atoms with van der Waals surface area (Å²) < 4.78 is 14.0. The van der Waals surface area contributed by atoms with Crippen molar-refractivity contribution in [2.75, 3.05) is 23.4 Å². The van der Waals surface area contributed by atoms with E-state index in [0.717, 1.165) is 24.0 Å².